The molecule has 0 saturated carbocycles. The highest BCUT2D eigenvalue weighted by Crippen LogP contribution is 2.26. The molecule has 0 radical (unpaired) electrons. The highest BCUT2D eigenvalue weighted by atomic mass is 35.5. The predicted octanol–water partition coefficient (Wildman–Crippen LogP) is 1.41. The van der Waals surface area contributed by atoms with Gasteiger partial charge in [0.15, 0.2) is 0 Å². The number of hydrogen-bond donors (Lipinski definition) is 2. The minimum atomic E-state index is -0.701. The van der Waals surface area contributed by atoms with E-state index in [-0.39, 0.29) is 30.7 Å². The summed E-state index contributed by atoms with van der Waals surface area (Å²) in [5.41, 5.74) is -0.701. The first-order chi connectivity index (χ1) is 9.90. The van der Waals surface area contributed by atoms with Crippen molar-refractivity contribution in [2.45, 2.75) is 13.3 Å². The van der Waals surface area contributed by atoms with Crippen LogP contribution in [0.1, 0.15) is 13.3 Å². The predicted molar refractivity (Wildman–Crippen MR) is 78.5 cm³/mol. The molecule has 1 aliphatic rings. The number of nitrogens with zero attached hydrogens (tertiary/aromatic N) is 1. The topological polar surface area (TPSA) is 80.3 Å². The van der Waals surface area contributed by atoms with Gasteiger partial charge in [-0.2, -0.15) is 0 Å². The van der Waals surface area contributed by atoms with Gasteiger partial charge in [0.25, 0.3) is 0 Å². The van der Waals surface area contributed by atoms with E-state index in [0.29, 0.717) is 23.1 Å². The third-order valence-corrected chi connectivity index (χ3v) is 3.65. The third-order valence-electron chi connectivity index (χ3n) is 3.18. The second kappa shape index (κ2) is 6.49. The first-order valence-corrected chi connectivity index (χ1v) is 7.15. The Morgan fingerprint density at radius 1 is 1.57 bits per heavy atom. The van der Waals surface area contributed by atoms with Crippen LogP contribution in [0.3, 0.4) is 0 Å². The summed E-state index contributed by atoms with van der Waals surface area (Å²) in [4.78, 5) is 27.2. The molecule has 1 aliphatic heterocycles. The Balaban J connectivity index is 1.77. The molecule has 1 aromatic rings. The normalized spacial score (nSPS) is 21.0. The Labute approximate surface area is 132 Å². The number of amides is 2. The molecule has 1 unspecified atom stereocenters. The molecule has 2 amide bonds. The van der Waals surface area contributed by atoms with Crippen LogP contribution in [0.15, 0.2) is 12.3 Å². The number of carbonyl (C=O) groups excluding carboxylic acids is 2. The monoisotopic (exact) mass is 331 g/mol. The summed E-state index contributed by atoms with van der Waals surface area (Å²) in [6, 6.07) is 1.53. The summed E-state index contributed by atoms with van der Waals surface area (Å²) in [7, 11) is 0. The maximum absolute atomic E-state index is 12.0. The van der Waals surface area contributed by atoms with Crippen LogP contribution in [0.25, 0.3) is 0 Å². The van der Waals surface area contributed by atoms with Crippen molar-refractivity contribution < 1.29 is 14.3 Å². The highest BCUT2D eigenvalue weighted by Gasteiger charge is 2.40. The van der Waals surface area contributed by atoms with E-state index in [2.05, 4.69) is 15.6 Å². The lowest BCUT2D eigenvalue weighted by Crippen LogP contribution is -2.41. The van der Waals surface area contributed by atoms with Crippen LogP contribution in [0.2, 0.25) is 10.0 Å². The van der Waals surface area contributed by atoms with Crippen molar-refractivity contribution in [3.05, 3.63) is 22.3 Å². The van der Waals surface area contributed by atoms with E-state index >= 15 is 0 Å². The summed E-state index contributed by atoms with van der Waals surface area (Å²) in [5, 5.41) is 6.12. The minimum Gasteiger partial charge on any atom is -0.475 e. The number of ether oxygens (including phenoxy) is 1. The molecule has 1 atom stereocenters. The van der Waals surface area contributed by atoms with Crippen LogP contribution < -0.4 is 15.4 Å². The molecule has 6 nitrogen and oxygen atoms in total. The molecule has 8 heteroatoms. The van der Waals surface area contributed by atoms with Crippen molar-refractivity contribution >= 4 is 35.0 Å². The van der Waals surface area contributed by atoms with E-state index in [1.54, 1.807) is 6.92 Å². The molecule has 0 aliphatic carbocycles. The van der Waals surface area contributed by atoms with Gasteiger partial charge < -0.3 is 15.4 Å². The number of carbonyl (C=O) groups is 2. The van der Waals surface area contributed by atoms with E-state index in [1.807, 2.05) is 0 Å². The van der Waals surface area contributed by atoms with Gasteiger partial charge in [0.1, 0.15) is 11.6 Å². The van der Waals surface area contributed by atoms with Crippen LogP contribution >= 0.6 is 23.2 Å². The number of rotatable bonds is 5. The molecular weight excluding hydrogens is 317 g/mol. The smallest absolute Gasteiger partial charge is 0.232 e. The van der Waals surface area contributed by atoms with E-state index in [1.165, 1.54) is 12.3 Å². The van der Waals surface area contributed by atoms with Gasteiger partial charge in [0.05, 0.1) is 17.0 Å². The molecule has 2 rings (SSSR count). The van der Waals surface area contributed by atoms with Gasteiger partial charge in [-0.1, -0.05) is 23.2 Å². The van der Waals surface area contributed by atoms with E-state index in [4.69, 9.17) is 27.9 Å². The fraction of sp³-hybridized carbons (Fsp3) is 0.462. The Bertz CT molecular complexity index is 568. The lowest BCUT2D eigenvalue weighted by molar-refractivity contribution is -0.131. The molecule has 0 spiro atoms. The summed E-state index contributed by atoms with van der Waals surface area (Å²) < 4.78 is 5.36. The molecule has 0 bridgehead atoms. The van der Waals surface area contributed by atoms with Crippen LogP contribution in [0, 0.1) is 5.41 Å². The molecule has 21 heavy (non-hydrogen) atoms. The Hall–Kier alpha value is -1.53. The average molecular weight is 332 g/mol. The van der Waals surface area contributed by atoms with E-state index < -0.39 is 5.41 Å². The van der Waals surface area contributed by atoms with Crippen molar-refractivity contribution in [3.8, 4) is 5.88 Å². The Kier molecular flexibility index (Phi) is 4.90. The van der Waals surface area contributed by atoms with Crippen LogP contribution in [-0.2, 0) is 9.59 Å². The Morgan fingerprint density at radius 3 is 2.95 bits per heavy atom. The largest absolute Gasteiger partial charge is 0.475 e. The van der Waals surface area contributed by atoms with Gasteiger partial charge in [-0.25, -0.2) is 4.98 Å². The maximum atomic E-state index is 12.0. The Morgan fingerprint density at radius 2 is 2.33 bits per heavy atom. The average Bonchev–Trinajstić information content (AvgIpc) is 2.77. The second-order valence-electron chi connectivity index (χ2n) is 5.06. The summed E-state index contributed by atoms with van der Waals surface area (Å²) in [6.07, 6.45) is 1.63. The molecule has 2 heterocycles. The lowest BCUT2D eigenvalue weighted by Gasteiger charge is -2.20. The van der Waals surface area contributed by atoms with Crippen molar-refractivity contribution in [2.24, 2.45) is 5.41 Å². The zero-order valence-electron chi connectivity index (χ0n) is 11.4. The van der Waals surface area contributed by atoms with Crippen molar-refractivity contribution in [2.75, 3.05) is 19.7 Å². The standard InChI is InChI=1S/C13H15Cl2N3O3/c1-13(5-10(19)18-7-13)12(20)16-2-3-21-11-9(15)4-8(14)6-17-11/h4,6H,2-3,5,7H2,1H3,(H,16,20)(H,18,19). The number of pyridine rings is 1. The van der Waals surface area contributed by atoms with Crippen LogP contribution in [0.4, 0.5) is 0 Å². The van der Waals surface area contributed by atoms with E-state index in [0.717, 1.165) is 0 Å². The summed E-state index contributed by atoms with van der Waals surface area (Å²) in [6.45, 7) is 2.61. The molecule has 1 fully saturated rings. The number of aromatic nitrogens is 1. The fourth-order valence-electron chi connectivity index (χ4n) is 1.97. The first-order valence-electron chi connectivity index (χ1n) is 6.39. The third kappa shape index (κ3) is 3.98. The zero-order chi connectivity index (χ0) is 15.5. The molecule has 1 aromatic heterocycles. The quantitative estimate of drug-likeness (QED) is 0.799. The van der Waals surface area contributed by atoms with E-state index in [9.17, 15) is 9.59 Å². The second-order valence-corrected chi connectivity index (χ2v) is 5.90. The molecule has 1 saturated heterocycles. The maximum Gasteiger partial charge on any atom is 0.232 e. The van der Waals surface area contributed by atoms with Crippen LogP contribution in [0.5, 0.6) is 5.88 Å². The van der Waals surface area contributed by atoms with Gasteiger partial charge >= 0.3 is 0 Å². The van der Waals surface area contributed by atoms with Gasteiger partial charge in [-0.05, 0) is 13.0 Å². The van der Waals surface area contributed by atoms with Gasteiger partial charge in [-0.3, -0.25) is 9.59 Å². The summed E-state index contributed by atoms with van der Waals surface area (Å²) >= 11 is 11.6. The van der Waals surface area contributed by atoms with Gasteiger partial charge in [0.2, 0.25) is 17.7 Å². The molecular formula is C13H15Cl2N3O3. The van der Waals surface area contributed by atoms with Crippen molar-refractivity contribution in [1.29, 1.82) is 0 Å². The minimum absolute atomic E-state index is 0.110. The first kappa shape index (κ1) is 15.9. The molecule has 0 aromatic carbocycles. The highest BCUT2D eigenvalue weighted by molar-refractivity contribution is 6.35. The van der Waals surface area contributed by atoms with Crippen molar-refractivity contribution in [3.63, 3.8) is 0 Å². The zero-order valence-corrected chi connectivity index (χ0v) is 12.9. The number of halogens is 2. The van der Waals surface area contributed by atoms with Gasteiger partial charge in [-0.15, -0.1) is 0 Å². The number of nitrogens with one attached hydrogen (secondary N) is 2. The SMILES string of the molecule is CC1(C(=O)NCCOc2ncc(Cl)cc2Cl)CNC(=O)C1. The lowest BCUT2D eigenvalue weighted by atomic mass is 9.88. The van der Waals surface area contributed by atoms with Crippen LogP contribution in [-0.4, -0.2) is 36.5 Å². The fourth-order valence-corrected chi connectivity index (χ4v) is 2.40. The molecule has 114 valence electrons. The summed E-state index contributed by atoms with van der Waals surface area (Å²) in [5.74, 6) is -0.0279. The molecule has 2 N–H and O–H groups in total. The number of hydrogen-bond acceptors (Lipinski definition) is 4. The van der Waals surface area contributed by atoms with Gasteiger partial charge in [0, 0.05) is 19.2 Å². The van der Waals surface area contributed by atoms with Crippen molar-refractivity contribution in [1.82, 2.24) is 15.6 Å².